The molecule has 1 aliphatic rings. The largest absolute Gasteiger partial charge is 0.405 e. The smallest absolute Gasteiger partial charge is 0.261 e. The van der Waals surface area contributed by atoms with Gasteiger partial charge in [-0.15, -0.1) is 0 Å². The van der Waals surface area contributed by atoms with Crippen molar-refractivity contribution in [3.05, 3.63) is 96.6 Å². The van der Waals surface area contributed by atoms with Crippen molar-refractivity contribution >= 4 is 24.5 Å². The van der Waals surface area contributed by atoms with Gasteiger partial charge in [0, 0.05) is 0 Å². The number of carbonyl (C=O) groups excluding carboxylic acids is 1. The highest BCUT2D eigenvalue weighted by Crippen LogP contribution is 2.38. The second-order valence-corrected chi connectivity index (χ2v) is 15.3. The third kappa shape index (κ3) is 6.28. The molecule has 1 saturated heterocycles. The van der Waals surface area contributed by atoms with Gasteiger partial charge in [-0.05, 0) is 34.8 Å². The molecule has 2 atom stereocenters. The lowest BCUT2D eigenvalue weighted by Gasteiger charge is -2.43. The summed E-state index contributed by atoms with van der Waals surface area (Å²) >= 11 is 0. The van der Waals surface area contributed by atoms with Crippen LogP contribution in [0.4, 0.5) is 0 Å². The van der Waals surface area contributed by atoms with Gasteiger partial charge in [-0.25, -0.2) is 0 Å². The second kappa shape index (κ2) is 11.4. The van der Waals surface area contributed by atoms with Gasteiger partial charge in [-0.3, -0.25) is 4.79 Å². The summed E-state index contributed by atoms with van der Waals surface area (Å²) in [5.41, 5.74) is 1.02. The van der Waals surface area contributed by atoms with Crippen LogP contribution in [0.1, 0.15) is 40.2 Å². The number of ketones is 1. The Labute approximate surface area is 221 Å². The molecule has 1 fully saturated rings. The number of hydrogen-bond donors (Lipinski definition) is 0. The molecule has 3 aromatic carbocycles. The van der Waals surface area contributed by atoms with Gasteiger partial charge in [0.1, 0.15) is 18.8 Å². The van der Waals surface area contributed by atoms with Crippen LogP contribution in [0.15, 0.2) is 91.0 Å². The van der Waals surface area contributed by atoms with Crippen molar-refractivity contribution in [2.45, 2.75) is 64.3 Å². The molecule has 5 nitrogen and oxygen atoms in total. The first-order chi connectivity index (χ1) is 17.6. The zero-order valence-corrected chi connectivity index (χ0v) is 23.5. The van der Waals surface area contributed by atoms with E-state index in [2.05, 4.69) is 69.3 Å². The summed E-state index contributed by atoms with van der Waals surface area (Å²) in [6, 6.07) is 30.7. The highest BCUT2D eigenvalue weighted by atomic mass is 28.4. The van der Waals surface area contributed by atoms with Crippen LogP contribution in [0.2, 0.25) is 5.04 Å². The van der Waals surface area contributed by atoms with Crippen molar-refractivity contribution in [2.24, 2.45) is 0 Å². The molecule has 0 spiro atoms. The number of rotatable bonds is 10. The van der Waals surface area contributed by atoms with Crippen LogP contribution in [0.5, 0.6) is 0 Å². The first kappa shape index (κ1) is 27.4. The fourth-order valence-electron chi connectivity index (χ4n) is 5.12. The summed E-state index contributed by atoms with van der Waals surface area (Å²) in [4.78, 5) is 13.2. The minimum absolute atomic E-state index is 0.0469. The normalized spacial score (nSPS) is 19.6. The van der Waals surface area contributed by atoms with Crippen LogP contribution in [0, 0.1) is 0 Å². The van der Waals surface area contributed by atoms with E-state index in [4.69, 9.17) is 18.6 Å². The van der Waals surface area contributed by atoms with E-state index < -0.39 is 26.3 Å². The summed E-state index contributed by atoms with van der Waals surface area (Å²) in [7, 11) is -2.78. The average molecular weight is 519 g/mol. The van der Waals surface area contributed by atoms with Crippen molar-refractivity contribution in [3.8, 4) is 0 Å². The number of hydrogen-bond acceptors (Lipinski definition) is 5. The zero-order valence-electron chi connectivity index (χ0n) is 22.5. The molecule has 0 aromatic heterocycles. The highest BCUT2D eigenvalue weighted by Gasteiger charge is 2.52. The Morgan fingerprint density at radius 1 is 0.838 bits per heavy atom. The van der Waals surface area contributed by atoms with E-state index >= 15 is 0 Å². The van der Waals surface area contributed by atoms with E-state index in [0.29, 0.717) is 6.61 Å². The maximum atomic E-state index is 13.2. The van der Waals surface area contributed by atoms with Crippen molar-refractivity contribution in [1.29, 1.82) is 0 Å². The van der Waals surface area contributed by atoms with E-state index in [1.54, 1.807) is 0 Å². The van der Waals surface area contributed by atoms with E-state index in [0.717, 1.165) is 5.56 Å². The van der Waals surface area contributed by atoms with Crippen LogP contribution in [0.25, 0.3) is 0 Å². The molecule has 0 radical (unpaired) electrons. The minimum atomic E-state index is -2.78. The Morgan fingerprint density at radius 2 is 1.35 bits per heavy atom. The van der Waals surface area contributed by atoms with Crippen LogP contribution in [-0.4, -0.2) is 45.3 Å². The third-order valence-electron chi connectivity index (χ3n) is 6.74. The first-order valence-electron chi connectivity index (χ1n) is 12.9. The molecule has 0 bridgehead atoms. The molecular weight excluding hydrogens is 480 g/mol. The molecular formula is C31H38O5Si. The maximum Gasteiger partial charge on any atom is 0.261 e. The van der Waals surface area contributed by atoms with Gasteiger partial charge >= 0.3 is 0 Å². The van der Waals surface area contributed by atoms with Gasteiger partial charge in [0.05, 0.1) is 13.2 Å². The van der Waals surface area contributed by atoms with Gasteiger partial charge in [0.25, 0.3) is 8.32 Å². The highest BCUT2D eigenvalue weighted by molar-refractivity contribution is 6.99. The summed E-state index contributed by atoms with van der Waals surface area (Å²) in [5.74, 6) is -1.03. The topological polar surface area (TPSA) is 54.0 Å². The molecule has 0 aliphatic carbocycles. The molecule has 4 rings (SSSR count). The zero-order chi connectivity index (χ0) is 26.5. The van der Waals surface area contributed by atoms with E-state index in [9.17, 15) is 4.79 Å². The summed E-state index contributed by atoms with van der Waals surface area (Å²) < 4.78 is 25.1. The fourth-order valence-corrected chi connectivity index (χ4v) is 9.69. The van der Waals surface area contributed by atoms with Crippen molar-refractivity contribution in [3.63, 3.8) is 0 Å². The lowest BCUT2D eigenvalue weighted by Crippen LogP contribution is -2.67. The lowest BCUT2D eigenvalue weighted by molar-refractivity contribution is -0.157. The monoisotopic (exact) mass is 518 g/mol. The number of benzene rings is 3. The number of ether oxygens (including phenoxy) is 3. The van der Waals surface area contributed by atoms with Gasteiger partial charge in [0.15, 0.2) is 11.6 Å². The quantitative estimate of drug-likeness (QED) is 0.359. The Morgan fingerprint density at radius 3 is 1.86 bits per heavy atom. The number of Topliss-reactive ketones (excluding diaryl/α,β-unsaturated/α-hetero) is 1. The molecule has 0 N–H and O–H groups in total. The van der Waals surface area contributed by atoms with Gasteiger partial charge in [-0.2, -0.15) is 0 Å². The molecule has 37 heavy (non-hydrogen) atoms. The van der Waals surface area contributed by atoms with Crippen molar-refractivity contribution in [2.75, 3.05) is 13.2 Å². The van der Waals surface area contributed by atoms with Crippen molar-refractivity contribution < 1.29 is 23.4 Å². The number of carbonyl (C=O) groups is 1. The van der Waals surface area contributed by atoms with Crippen LogP contribution in [-0.2, 0) is 30.0 Å². The summed E-state index contributed by atoms with van der Waals surface area (Å²) in [6.07, 6.45) is -1.30. The molecule has 0 saturated carbocycles. The van der Waals surface area contributed by atoms with Crippen LogP contribution in [0.3, 0.4) is 0 Å². The second-order valence-electron chi connectivity index (χ2n) is 11.0. The SMILES string of the molecule is CC1(C)O[C@@H](CO[Si](c2ccccc2)(c2ccccc2)C(C)(C)C)[C@@H](C(=O)COCc2ccccc2)O1. The molecule has 6 heteroatoms. The van der Waals surface area contributed by atoms with E-state index in [1.807, 2.05) is 56.3 Å². The van der Waals surface area contributed by atoms with E-state index in [-0.39, 0.29) is 24.0 Å². The van der Waals surface area contributed by atoms with Crippen molar-refractivity contribution in [1.82, 2.24) is 0 Å². The predicted molar refractivity (Wildman–Crippen MR) is 149 cm³/mol. The molecule has 1 aliphatic heterocycles. The molecule has 3 aromatic rings. The standard InChI is InChI=1S/C31H38O5Si/c1-30(2,3)37(25-17-11-7-12-18-25,26-19-13-8-14-20-26)34-23-28-29(36-31(4,5)35-28)27(32)22-33-21-24-15-9-6-10-16-24/h6-20,28-29H,21-23H2,1-5H3/t28-,29+/m0/s1. The Bertz CT molecular complexity index is 1100. The Kier molecular flexibility index (Phi) is 8.46. The predicted octanol–water partition coefficient (Wildman–Crippen LogP) is 4.87. The Hall–Kier alpha value is -2.61. The van der Waals surface area contributed by atoms with Crippen LogP contribution >= 0.6 is 0 Å². The minimum Gasteiger partial charge on any atom is -0.405 e. The van der Waals surface area contributed by atoms with Gasteiger partial charge < -0.3 is 18.6 Å². The first-order valence-corrected chi connectivity index (χ1v) is 14.8. The average Bonchev–Trinajstić information content (AvgIpc) is 3.20. The van der Waals surface area contributed by atoms with Gasteiger partial charge in [0.2, 0.25) is 0 Å². The molecule has 0 unspecified atom stereocenters. The molecule has 1 heterocycles. The van der Waals surface area contributed by atoms with Gasteiger partial charge in [-0.1, -0.05) is 112 Å². The Balaban J connectivity index is 1.56. The third-order valence-corrected chi connectivity index (χ3v) is 11.7. The fraction of sp³-hybridized carbons (Fsp3) is 0.387. The lowest BCUT2D eigenvalue weighted by atomic mass is 10.1. The van der Waals surface area contributed by atoms with Crippen LogP contribution < -0.4 is 10.4 Å². The summed E-state index contributed by atoms with van der Waals surface area (Å²) in [6.45, 7) is 10.9. The molecule has 0 amide bonds. The van der Waals surface area contributed by atoms with E-state index in [1.165, 1.54) is 10.4 Å². The maximum absolute atomic E-state index is 13.2. The summed E-state index contributed by atoms with van der Waals surface area (Å²) in [5, 5.41) is 2.19. The molecule has 196 valence electrons.